The maximum absolute atomic E-state index is 5.50. The first kappa shape index (κ1) is 11.7. The van der Waals surface area contributed by atoms with E-state index in [9.17, 15) is 0 Å². The van der Waals surface area contributed by atoms with Crippen LogP contribution in [0.25, 0.3) is 0 Å². The van der Waals surface area contributed by atoms with Gasteiger partial charge in [0.2, 0.25) is 5.88 Å². The third-order valence-electron chi connectivity index (χ3n) is 3.91. The van der Waals surface area contributed by atoms with E-state index in [1.807, 2.05) is 13.1 Å². The van der Waals surface area contributed by atoms with Gasteiger partial charge >= 0.3 is 0 Å². The zero-order valence-corrected chi connectivity index (χ0v) is 11.0. The molecule has 3 unspecified atom stereocenters. The van der Waals surface area contributed by atoms with Gasteiger partial charge in [0.25, 0.3) is 0 Å². The predicted octanol–water partition coefficient (Wildman–Crippen LogP) is 2.77. The van der Waals surface area contributed by atoms with E-state index < -0.39 is 0 Å². The lowest BCUT2D eigenvalue weighted by Gasteiger charge is -2.39. The molecule has 0 spiro atoms. The van der Waals surface area contributed by atoms with Gasteiger partial charge in [-0.25, -0.2) is 4.98 Å². The Labute approximate surface area is 108 Å². The first-order chi connectivity index (χ1) is 8.78. The number of aryl methyl sites for hydroxylation is 1. The van der Waals surface area contributed by atoms with Crippen LogP contribution in [0.15, 0.2) is 24.4 Å². The Bertz CT molecular complexity index is 470. The molecule has 0 radical (unpaired) electrons. The van der Waals surface area contributed by atoms with Crippen molar-refractivity contribution in [2.24, 2.45) is 5.92 Å². The van der Waals surface area contributed by atoms with Crippen LogP contribution in [0.2, 0.25) is 0 Å². The molecule has 1 aromatic heterocycles. The summed E-state index contributed by atoms with van der Waals surface area (Å²) < 4.78 is 5.50. The third-order valence-corrected chi connectivity index (χ3v) is 3.91. The monoisotopic (exact) mass is 244 g/mol. The molecule has 2 aliphatic heterocycles. The Morgan fingerprint density at radius 3 is 2.83 bits per heavy atom. The summed E-state index contributed by atoms with van der Waals surface area (Å²) in [7, 11) is 0. The first-order valence-electron chi connectivity index (χ1n) is 6.81. The molecule has 3 atom stereocenters. The number of fused-ring (bicyclic) bond motifs is 2. The van der Waals surface area contributed by atoms with E-state index in [4.69, 9.17) is 4.74 Å². The molecule has 18 heavy (non-hydrogen) atoms. The second-order valence-corrected chi connectivity index (χ2v) is 5.20. The topological polar surface area (TPSA) is 34.1 Å². The lowest BCUT2D eigenvalue weighted by atomic mass is 9.79. The van der Waals surface area contributed by atoms with Crippen LogP contribution in [0.1, 0.15) is 36.9 Å². The van der Waals surface area contributed by atoms with Crippen LogP contribution in [-0.2, 0) is 0 Å². The van der Waals surface area contributed by atoms with Gasteiger partial charge in [0.15, 0.2) is 0 Å². The minimum absolute atomic E-state index is 0.427. The standard InChI is InChI=1S/C15H20N2O/c1-3-18-15-10(2)8-12(9-16-15)14-11-4-6-13(17-14)7-5-11/h4,6,8-9,11,13-14,17H,3,5,7H2,1-2H3. The molecule has 3 heteroatoms. The smallest absolute Gasteiger partial charge is 0.216 e. The van der Waals surface area contributed by atoms with Crippen molar-refractivity contribution in [2.45, 2.75) is 38.8 Å². The second-order valence-electron chi connectivity index (χ2n) is 5.20. The highest BCUT2D eigenvalue weighted by Crippen LogP contribution is 2.37. The lowest BCUT2D eigenvalue weighted by Crippen LogP contribution is -2.43. The zero-order valence-electron chi connectivity index (χ0n) is 11.0. The van der Waals surface area contributed by atoms with Crippen LogP contribution < -0.4 is 10.1 Å². The number of rotatable bonds is 3. The number of nitrogens with zero attached hydrogens (tertiary/aromatic N) is 1. The van der Waals surface area contributed by atoms with E-state index in [-0.39, 0.29) is 0 Å². The second kappa shape index (κ2) is 4.73. The van der Waals surface area contributed by atoms with Crippen molar-refractivity contribution in [3.8, 4) is 5.88 Å². The quantitative estimate of drug-likeness (QED) is 0.830. The number of hydrogen-bond donors (Lipinski definition) is 1. The van der Waals surface area contributed by atoms with Crippen LogP contribution in [0, 0.1) is 12.8 Å². The summed E-state index contributed by atoms with van der Waals surface area (Å²) in [5.74, 6) is 1.38. The molecule has 1 fully saturated rings. The summed E-state index contributed by atoms with van der Waals surface area (Å²) in [6, 6.07) is 3.19. The Balaban J connectivity index is 1.85. The highest BCUT2D eigenvalue weighted by molar-refractivity contribution is 5.32. The van der Waals surface area contributed by atoms with Crippen LogP contribution in [-0.4, -0.2) is 17.6 Å². The van der Waals surface area contributed by atoms with Crippen molar-refractivity contribution in [1.82, 2.24) is 10.3 Å². The summed E-state index contributed by atoms with van der Waals surface area (Å²) >= 11 is 0. The summed E-state index contributed by atoms with van der Waals surface area (Å²) in [4.78, 5) is 4.44. The molecule has 96 valence electrons. The minimum Gasteiger partial charge on any atom is -0.478 e. The van der Waals surface area contributed by atoms with Gasteiger partial charge in [-0.1, -0.05) is 12.2 Å². The van der Waals surface area contributed by atoms with E-state index >= 15 is 0 Å². The molecule has 4 rings (SSSR count). The molecule has 3 heterocycles. The van der Waals surface area contributed by atoms with Gasteiger partial charge in [-0.3, -0.25) is 0 Å². The molecule has 2 bridgehead atoms. The van der Waals surface area contributed by atoms with Crippen molar-refractivity contribution in [2.75, 3.05) is 6.61 Å². The summed E-state index contributed by atoms with van der Waals surface area (Å²) in [6.07, 6.45) is 9.18. The van der Waals surface area contributed by atoms with Crippen molar-refractivity contribution in [3.05, 3.63) is 35.5 Å². The molecular formula is C15H20N2O. The average molecular weight is 244 g/mol. The fourth-order valence-electron chi connectivity index (χ4n) is 3.00. The molecule has 0 saturated carbocycles. The Kier molecular flexibility index (Phi) is 3.08. The zero-order chi connectivity index (χ0) is 12.5. The van der Waals surface area contributed by atoms with Crippen molar-refractivity contribution in [3.63, 3.8) is 0 Å². The summed E-state index contributed by atoms with van der Waals surface area (Å²) in [6.45, 7) is 4.72. The molecule has 1 aliphatic carbocycles. The van der Waals surface area contributed by atoms with Gasteiger partial charge in [-0.15, -0.1) is 0 Å². The normalized spacial score (nSPS) is 29.6. The average Bonchev–Trinajstić information content (AvgIpc) is 2.42. The molecule has 1 N–H and O–H groups in total. The van der Waals surface area contributed by atoms with Gasteiger partial charge in [0.05, 0.1) is 6.61 Å². The third kappa shape index (κ3) is 2.03. The lowest BCUT2D eigenvalue weighted by molar-refractivity contribution is 0.274. The predicted molar refractivity (Wildman–Crippen MR) is 71.7 cm³/mol. The van der Waals surface area contributed by atoms with Gasteiger partial charge < -0.3 is 10.1 Å². The fourth-order valence-corrected chi connectivity index (χ4v) is 3.00. The Hall–Kier alpha value is -1.35. The van der Waals surface area contributed by atoms with Crippen molar-refractivity contribution >= 4 is 0 Å². The fraction of sp³-hybridized carbons (Fsp3) is 0.533. The number of nitrogens with one attached hydrogen (secondary N) is 1. The van der Waals surface area contributed by atoms with Gasteiger partial charge in [0, 0.05) is 23.8 Å². The number of hydrogen-bond acceptors (Lipinski definition) is 3. The molecule has 3 nitrogen and oxygen atoms in total. The molecule has 0 amide bonds. The largest absolute Gasteiger partial charge is 0.478 e. The van der Waals surface area contributed by atoms with Crippen LogP contribution in [0.5, 0.6) is 5.88 Å². The van der Waals surface area contributed by atoms with Crippen LogP contribution in [0.4, 0.5) is 0 Å². The number of aromatic nitrogens is 1. The molecule has 1 saturated heterocycles. The molecule has 3 aliphatic rings. The van der Waals surface area contributed by atoms with E-state index in [0.29, 0.717) is 24.6 Å². The number of piperidine rings is 1. The Morgan fingerprint density at radius 1 is 1.39 bits per heavy atom. The molecule has 0 aromatic carbocycles. The van der Waals surface area contributed by atoms with E-state index in [2.05, 4.69) is 35.4 Å². The molecule has 1 aromatic rings. The van der Waals surface area contributed by atoms with E-state index in [1.54, 1.807) is 0 Å². The summed E-state index contributed by atoms with van der Waals surface area (Å²) in [5, 5.41) is 3.68. The maximum Gasteiger partial charge on any atom is 0.216 e. The van der Waals surface area contributed by atoms with Gasteiger partial charge in [0.1, 0.15) is 0 Å². The van der Waals surface area contributed by atoms with E-state index in [1.165, 1.54) is 18.4 Å². The van der Waals surface area contributed by atoms with Crippen molar-refractivity contribution in [1.29, 1.82) is 0 Å². The minimum atomic E-state index is 0.427. The summed E-state index contributed by atoms with van der Waals surface area (Å²) in [5.41, 5.74) is 2.41. The van der Waals surface area contributed by atoms with Crippen molar-refractivity contribution < 1.29 is 4.74 Å². The highest BCUT2D eigenvalue weighted by Gasteiger charge is 2.32. The SMILES string of the molecule is CCOc1ncc(C2NC3C=CC2CC3)cc1C. The number of ether oxygens (including phenoxy) is 1. The van der Waals surface area contributed by atoms with Gasteiger partial charge in [-0.05, 0) is 44.2 Å². The van der Waals surface area contributed by atoms with Gasteiger partial charge in [-0.2, -0.15) is 0 Å². The number of pyridine rings is 1. The first-order valence-corrected chi connectivity index (χ1v) is 6.81. The van der Waals surface area contributed by atoms with Crippen LogP contribution in [0.3, 0.4) is 0 Å². The Morgan fingerprint density at radius 2 is 2.28 bits per heavy atom. The molecular weight excluding hydrogens is 224 g/mol. The maximum atomic E-state index is 5.50. The van der Waals surface area contributed by atoms with Crippen LogP contribution >= 0.6 is 0 Å². The van der Waals surface area contributed by atoms with E-state index in [0.717, 1.165) is 11.4 Å². The highest BCUT2D eigenvalue weighted by atomic mass is 16.5.